The van der Waals surface area contributed by atoms with Crippen LogP contribution in [0.2, 0.25) is 0 Å². The Morgan fingerprint density at radius 3 is 2.88 bits per heavy atom. The predicted molar refractivity (Wildman–Crippen MR) is 65.7 cm³/mol. The Hall–Kier alpha value is -0.870. The Labute approximate surface area is 103 Å². The van der Waals surface area contributed by atoms with Crippen LogP contribution >= 0.6 is 0 Å². The van der Waals surface area contributed by atoms with Crippen LogP contribution in [0.3, 0.4) is 0 Å². The van der Waals surface area contributed by atoms with Gasteiger partial charge in [-0.3, -0.25) is 4.90 Å². The first kappa shape index (κ1) is 12.6. The van der Waals surface area contributed by atoms with Crippen molar-refractivity contribution in [1.82, 2.24) is 9.88 Å². The maximum absolute atomic E-state index is 9.39. The molecule has 0 amide bonds. The van der Waals surface area contributed by atoms with Crippen molar-refractivity contribution in [2.24, 2.45) is 0 Å². The van der Waals surface area contributed by atoms with Gasteiger partial charge in [0, 0.05) is 18.5 Å². The first-order chi connectivity index (χ1) is 8.08. The van der Waals surface area contributed by atoms with E-state index in [1.54, 1.807) is 13.1 Å². The minimum Gasteiger partial charge on any atom is -0.443 e. The zero-order chi connectivity index (χ0) is 12.4. The van der Waals surface area contributed by atoms with E-state index >= 15 is 0 Å². The molecule has 2 heterocycles. The molecule has 17 heavy (non-hydrogen) atoms. The maximum atomic E-state index is 9.39. The summed E-state index contributed by atoms with van der Waals surface area (Å²) in [5.41, 5.74) is 0. The van der Waals surface area contributed by atoms with E-state index < -0.39 is 6.10 Å². The second-order valence-electron chi connectivity index (χ2n) is 5.16. The number of rotatable bonds is 4. The second-order valence-corrected chi connectivity index (χ2v) is 5.16. The number of hydrogen-bond donors (Lipinski definition) is 1. The molecule has 4 nitrogen and oxygen atoms in total. The predicted octanol–water partition coefficient (Wildman–Crippen LogP) is 2.14. The summed E-state index contributed by atoms with van der Waals surface area (Å²) >= 11 is 0. The van der Waals surface area contributed by atoms with Crippen LogP contribution in [0.25, 0.3) is 0 Å². The molecule has 1 saturated heterocycles. The third-order valence-electron chi connectivity index (χ3n) is 3.48. The standard InChI is InChI=1S/C13H22N2O2/c1-9(2)15-6-4-5-11(15)7-13-14-8-12(17-13)10(3)16/h8-11,16H,4-7H2,1-3H3. The van der Waals surface area contributed by atoms with E-state index in [9.17, 15) is 5.11 Å². The SMILES string of the molecule is CC(O)c1cnc(CC2CCCN2C(C)C)o1. The third kappa shape index (κ3) is 2.87. The molecule has 1 aliphatic heterocycles. The summed E-state index contributed by atoms with van der Waals surface area (Å²) in [6.07, 6.45) is 4.39. The Morgan fingerprint density at radius 1 is 1.53 bits per heavy atom. The van der Waals surface area contributed by atoms with Crippen LogP contribution in [0.1, 0.15) is 51.4 Å². The van der Waals surface area contributed by atoms with Gasteiger partial charge in [-0.2, -0.15) is 0 Å². The van der Waals surface area contributed by atoms with Crippen molar-refractivity contribution in [3.8, 4) is 0 Å². The van der Waals surface area contributed by atoms with Gasteiger partial charge in [0.1, 0.15) is 6.10 Å². The van der Waals surface area contributed by atoms with Crippen LogP contribution in [0.15, 0.2) is 10.6 Å². The van der Waals surface area contributed by atoms with Gasteiger partial charge in [0.25, 0.3) is 0 Å². The van der Waals surface area contributed by atoms with Gasteiger partial charge in [-0.25, -0.2) is 4.98 Å². The van der Waals surface area contributed by atoms with Gasteiger partial charge >= 0.3 is 0 Å². The molecule has 0 radical (unpaired) electrons. The van der Waals surface area contributed by atoms with Crippen LogP contribution in [-0.2, 0) is 6.42 Å². The number of nitrogens with zero attached hydrogens (tertiary/aromatic N) is 2. The molecule has 1 aromatic heterocycles. The highest BCUT2D eigenvalue weighted by Gasteiger charge is 2.28. The van der Waals surface area contributed by atoms with Crippen LogP contribution in [0, 0.1) is 0 Å². The number of aliphatic hydroxyl groups is 1. The number of oxazole rings is 1. The lowest BCUT2D eigenvalue weighted by Gasteiger charge is -2.27. The quantitative estimate of drug-likeness (QED) is 0.873. The molecular formula is C13H22N2O2. The second kappa shape index (κ2) is 5.19. The lowest BCUT2D eigenvalue weighted by Crippen LogP contribution is -2.36. The van der Waals surface area contributed by atoms with Crippen LogP contribution < -0.4 is 0 Å². The average Bonchev–Trinajstić information content (AvgIpc) is 2.86. The summed E-state index contributed by atoms with van der Waals surface area (Å²) in [6.45, 7) is 7.33. The lowest BCUT2D eigenvalue weighted by molar-refractivity contribution is 0.161. The van der Waals surface area contributed by atoms with Gasteiger partial charge in [0.15, 0.2) is 11.7 Å². The van der Waals surface area contributed by atoms with E-state index in [4.69, 9.17) is 4.42 Å². The molecule has 2 unspecified atom stereocenters. The average molecular weight is 238 g/mol. The molecule has 2 rings (SSSR count). The normalized spacial score (nSPS) is 23.5. The van der Waals surface area contributed by atoms with Gasteiger partial charge in [-0.1, -0.05) is 0 Å². The van der Waals surface area contributed by atoms with Crippen molar-refractivity contribution in [1.29, 1.82) is 0 Å². The van der Waals surface area contributed by atoms with Crippen LogP contribution in [-0.4, -0.2) is 33.6 Å². The molecule has 0 aromatic carbocycles. The monoisotopic (exact) mass is 238 g/mol. The molecule has 0 bridgehead atoms. The van der Waals surface area contributed by atoms with E-state index in [0.717, 1.165) is 12.3 Å². The van der Waals surface area contributed by atoms with E-state index in [1.807, 2.05) is 0 Å². The molecular weight excluding hydrogens is 216 g/mol. The molecule has 1 fully saturated rings. The molecule has 2 atom stereocenters. The van der Waals surface area contributed by atoms with Crippen molar-refractivity contribution in [2.75, 3.05) is 6.54 Å². The lowest BCUT2D eigenvalue weighted by atomic mass is 10.1. The minimum atomic E-state index is -0.568. The number of aromatic nitrogens is 1. The molecule has 0 saturated carbocycles. The Balaban J connectivity index is 1.99. The summed E-state index contributed by atoms with van der Waals surface area (Å²) in [5, 5.41) is 9.39. The van der Waals surface area contributed by atoms with Crippen molar-refractivity contribution in [3.05, 3.63) is 17.8 Å². The smallest absolute Gasteiger partial charge is 0.196 e. The Kier molecular flexibility index (Phi) is 3.84. The van der Waals surface area contributed by atoms with E-state index in [2.05, 4.69) is 23.7 Å². The van der Waals surface area contributed by atoms with Gasteiger partial charge in [0.05, 0.1) is 6.20 Å². The van der Waals surface area contributed by atoms with Crippen LogP contribution in [0.4, 0.5) is 0 Å². The van der Waals surface area contributed by atoms with Gasteiger partial charge in [0.2, 0.25) is 0 Å². The van der Waals surface area contributed by atoms with Crippen molar-refractivity contribution >= 4 is 0 Å². The first-order valence-electron chi connectivity index (χ1n) is 6.46. The van der Waals surface area contributed by atoms with E-state index in [-0.39, 0.29) is 0 Å². The van der Waals surface area contributed by atoms with Crippen molar-refractivity contribution < 1.29 is 9.52 Å². The number of likely N-dealkylation sites (tertiary alicyclic amines) is 1. The van der Waals surface area contributed by atoms with Crippen molar-refractivity contribution in [3.63, 3.8) is 0 Å². The third-order valence-corrected chi connectivity index (χ3v) is 3.48. The van der Waals surface area contributed by atoms with Gasteiger partial charge in [-0.05, 0) is 40.2 Å². The molecule has 1 aromatic rings. The minimum absolute atomic E-state index is 0.537. The Morgan fingerprint density at radius 2 is 2.29 bits per heavy atom. The highest BCUT2D eigenvalue weighted by atomic mass is 16.4. The van der Waals surface area contributed by atoms with Gasteiger partial charge < -0.3 is 9.52 Å². The summed E-state index contributed by atoms with van der Waals surface area (Å²) in [5.74, 6) is 1.31. The highest BCUT2D eigenvalue weighted by Crippen LogP contribution is 2.24. The summed E-state index contributed by atoms with van der Waals surface area (Å²) in [7, 11) is 0. The molecule has 4 heteroatoms. The van der Waals surface area contributed by atoms with Gasteiger partial charge in [-0.15, -0.1) is 0 Å². The molecule has 1 aliphatic rings. The summed E-state index contributed by atoms with van der Waals surface area (Å²) < 4.78 is 5.55. The molecule has 0 spiro atoms. The topological polar surface area (TPSA) is 49.5 Å². The number of aliphatic hydroxyl groups excluding tert-OH is 1. The fraction of sp³-hybridized carbons (Fsp3) is 0.769. The first-order valence-corrected chi connectivity index (χ1v) is 6.46. The molecule has 96 valence electrons. The Bertz CT molecular complexity index is 360. The highest BCUT2D eigenvalue weighted by molar-refractivity contribution is 4.99. The van der Waals surface area contributed by atoms with E-state index in [1.165, 1.54) is 19.4 Å². The largest absolute Gasteiger partial charge is 0.443 e. The molecule has 0 aliphatic carbocycles. The zero-order valence-electron chi connectivity index (χ0n) is 10.9. The van der Waals surface area contributed by atoms with E-state index in [0.29, 0.717) is 17.8 Å². The zero-order valence-corrected chi connectivity index (χ0v) is 10.9. The summed E-state index contributed by atoms with van der Waals surface area (Å²) in [6, 6.07) is 1.11. The fourth-order valence-corrected chi connectivity index (χ4v) is 2.57. The fourth-order valence-electron chi connectivity index (χ4n) is 2.57. The van der Waals surface area contributed by atoms with Crippen LogP contribution in [0.5, 0.6) is 0 Å². The maximum Gasteiger partial charge on any atom is 0.196 e. The molecule has 1 N–H and O–H groups in total. The summed E-state index contributed by atoms with van der Waals surface area (Å²) in [4.78, 5) is 6.75. The van der Waals surface area contributed by atoms with Crippen molar-refractivity contribution in [2.45, 2.75) is 58.2 Å². The number of hydrogen-bond acceptors (Lipinski definition) is 4.